The van der Waals surface area contributed by atoms with Gasteiger partial charge in [0.2, 0.25) is 5.88 Å². The Morgan fingerprint density at radius 2 is 2.00 bits per heavy atom. The van der Waals surface area contributed by atoms with Crippen LogP contribution in [-0.4, -0.2) is 23.9 Å². The first-order valence-electron chi connectivity index (χ1n) is 7.01. The second-order valence-electron chi connectivity index (χ2n) is 5.25. The first-order valence-corrected chi connectivity index (χ1v) is 7.01. The summed E-state index contributed by atoms with van der Waals surface area (Å²) in [6, 6.07) is 2.42. The average molecular weight is 251 g/mol. The molecule has 4 nitrogen and oxygen atoms in total. The molecule has 0 radical (unpaired) electrons. The molecule has 1 saturated carbocycles. The predicted molar refractivity (Wildman–Crippen MR) is 72.8 cm³/mol. The van der Waals surface area contributed by atoms with Gasteiger partial charge in [-0.2, -0.15) is 5.10 Å². The van der Waals surface area contributed by atoms with Gasteiger partial charge in [0, 0.05) is 13.1 Å². The molecule has 0 amide bonds. The van der Waals surface area contributed by atoms with Gasteiger partial charge < -0.3 is 10.1 Å². The molecule has 0 spiro atoms. The van der Waals surface area contributed by atoms with Gasteiger partial charge in [0.1, 0.15) is 0 Å². The minimum absolute atomic E-state index is 0.359. The number of aryl methyl sites for hydroxylation is 1. The fourth-order valence-corrected chi connectivity index (χ4v) is 3.08. The Labute approximate surface area is 110 Å². The first-order chi connectivity index (χ1) is 8.76. The molecule has 4 heteroatoms. The molecule has 1 unspecified atom stereocenters. The first kappa shape index (κ1) is 13.4. The summed E-state index contributed by atoms with van der Waals surface area (Å²) >= 11 is 0. The quantitative estimate of drug-likeness (QED) is 0.836. The normalized spacial score (nSPS) is 19.5. The Bertz CT molecular complexity index is 367. The lowest BCUT2D eigenvalue weighted by Crippen LogP contribution is -2.25. The monoisotopic (exact) mass is 251 g/mol. The van der Waals surface area contributed by atoms with Gasteiger partial charge in [0.05, 0.1) is 18.8 Å². The summed E-state index contributed by atoms with van der Waals surface area (Å²) in [5, 5.41) is 8.04. The number of hydrogen-bond acceptors (Lipinski definition) is 3. The second kappa shape index (κ2) is 6.23. The summed E-state index contributed by atoms with van der Waals surface area (Å²) < 4.78 is 7.12. The van der Waals surface area contributed by atoms with Gasteiger partial charge in [-0.3, -0.25) is 0 Å². The lowest BCUT2D eigenvalue weighted by Gasteiger charge is -2.24. The highest BCUT2D eigenvalue weighted by Gasteiger charge is 2.25. The predicted octanol–water partition coefficient (Wildman–Crippen LogP) is 2.66. The van der Waals surface area contributed by atoms with Crippen molar-refractivity contribution in [3.05, 3.63) is 11.8 Å². The second-order valence-corrected chi connectivity index (χ2v) is 5.25. The van der Waals surface area contributed by atoms with E-state index in [1.54, 1.807) is 7.11 Å². The summed E-state index contributed by atoms with van der Waals surface area (Å²) in [5.74, 6) is 1.54. The van der Waals surface area contributed by atoms with Crippen LogP contribution in [0, 0.1) is 5.92 Å². The molecule has 0 saturated heterocycles. The fourth-order valence-electron chi connectivity index (χ4n) is 3.08. The smallest absolute Gasteiger partial charge is 0.211 e. The Kier molecular flexibility index (Phi) is 4.64. The molecular weight excluding hydrogens is 226 g/mol. The van der Waals surface area contributed by atoms with E-state index in [0.29, 0.717) is 12.0 Å². The van der Waals surface area contributed by atoms with E-state index in [1.165, 1.54) is 38.5 Å². The minimum atomic E-state index is 0.359. The van der Waals surface area contributed by atoms with E-state index in [1.807, 2.05) is 18.8 Å². The third-order valence-corrected chi connectivity index (χ3v) is 4.07. The van der Waals surface area contributed by atoms with Crippen LogP contribution in [0.3, 0.4) is 0 Å². The van der Waals surface area contributed by atoms with E-state index in [-0.39, 0.29) is 0 Å². The molecule has 0 aliphatic heterocycles. The van der Waals surface area contributed by atoms with Crippen molar-refractivity contribution in [3.63, 3.8) is 0 Å². The van der Waals surface area contributed by atoms with Crippen LogP contribution < -0.4 is 10.1 Å². The number of nitrogens with zero attached hydrogens (tertiary/aromatic N) is 2. The van der Waals surface area contributed by atoms with Crippen molar-refractivity contribution in [2.45, 2.75) is 44.6 Å². The van der Waals surface area contributed by atoms with Crippen LogP contribution >= 0.6 is 0 Å². The lowest BCUT2D eigenvalue weighted by molar-refractivity contribution is 0.334. The van der Waals surface area contributed by atoms with Crippen molar-refractivity contribution in [2.75, 3.05) is 14.2 Å². The molecule has 0 aromatic carbocycles. The number of methoxy groups -OCH3 is 1. The van der Waals surface area contributed by atoms with E-state index in [2.05, 4.69) is 16.5 Å². The molecule has 1 heterocycles. The topological polar surface area (TPSA) is 39.1 Å². The molecule has 1 aliphatic rings. The van der Waals surface area contributed by atoms with Crippen molar-refractivity contribution in [1.29, 1.82) is 0 Å². The lowest BCUT2D eigenvalue weighted by atomic mass is 9.90. The van der Waals surface area contributed by atoms with Gasteiger partial charge in [0.15, 0.2) is 0 Å². The molecule has 102 valence electrons. The Hall–Kier alpha value is -1.03. The minimum Gasteiger partial charge on any atom is -0.481 e. The zero-order valence-corrected chi connectivity index (χ0v) is 11.8. The van der Waals surface area contributed by atoms with Gasteiger partial charge in [0.25, 0.3) is 0 Å². The van der Waals surface area contributed by atoms with E-state index in [9.17, 15) is 0 Å². The van der Waals surface area contributed by atoms with Crippen molar-refractivity contribution >= 4 is 0 Å². The van der Waals surface area contributed by atoms with Crippen LogP contribution in [0.2, 0.25) is 0 Å². The maximum Gasteiger partial charge on any atom is 0.211 e. The summed E-state index contributed by atoms with van der Waals surface area (Å²) in [5.41, 5.74) is 1.11. The van der Waals surface area contributed by atoms with Gasteiger partial charge in [-0.15, -0.1) is 0 Å². The van der Waals surface area contributed by atoms with E-state index in [4.69, 9.17) is 4.74 Å². The number of nitrogens with one attached hydrogen (secondary N) is 1. The maximum atomic E-state index is 5.31. The van der Waals surface area contributed by atoms with Gasteiger partial charge in [-0.05, 0) is 25.8 Å². The molecule has 1 aromatic heterocycles. The molecule has 18 heavy (non-hydrogen) atoms. The molecule has 2 rings (SSSR count). The third kappa shape index (κ3) is 2.86. The van der Waals surface area contributed by atoms with Crippen molar-refractivity contribution in [2.24, 2.45) is 13.0 Å². The summed E-state index contributed by atoms with van der Waals surface area (Å²) in [6.07, 6.45) is 8.10. The van der Waals surface area contributed by atoms with Gasteiger partial charge in [-0.1, -0.05) is 25.7 Å². The van der Waals surface area contributed by atoms with E-state index >= 15 is 0 Å². The highest BCUT2D eigenvalue weighted by Crippen LogP contribution is 2.33. The SMILES string of the molecule is CNC(c1cc(OC)n(C)n1)C1CCCCCC1. The third-order valence-electron chi connectivity index (χ3n) is 4.07. The molecular formula is C14H25N3O. The fraction of sp³-hybridized carbons (Fsp3) is 0.786. The zero-order chi connectivity index (χ0) is 13.0. The number of aromatic nitrogens is 2. The molecule has 0 bridgehead atoms. The van der Waals surface area contributed by atoms with Crippen molar-refractivity contribution in [1.82, 2.24) is 15.1 Å². The molecule has 1 fully saturated rings. The maximum absolute atomic E-state index is 5.31. The van der Waals surface area contributed by atoms with Crippen molar-refractivity contribution in [3.8, 4) is 5.88 Å². The largest absolute Gasteiger partial charge is 0.481 e. The molecule has 1 aromatic rings. The number of hydrogen-bond donors (Lipinski definition) is 1. The summed E-state index contributed by atoms with van der Waals surface area (Å²) in [4.78, 5) is 0. The highest BCUT2D eigenvalue weighted by molar-refractivity contribution is 5.19. The Morgan fingerprint density at radius 3 is 2.50 bits per heavy atom. The average Bonchev–Trinajstić information content (AvgIpc) is 2.59. The van der Waals surface area contributed by atoms with Crippen LogP contribution in [-0.2, 0) is 7.05 Å². The van der Waals surface area contributed by atoms with Crippen LogP contribution in [0.5, 0.6) is 5.88 Å². The summed E-state index contributed by atoms with van der Waals surface area (Å²) in [6.45, 7) is 0. The molecule has 1 atom stereocenters. The van der Waals surface area contributed by atoms with Crippen molar-refractivity contribution < 1.29 is 4.74 Å². The molecule has 1 aliphatic carbocycles. The van der Waals surface area contributed by atoms with E-state index < -0.39 is 0 Å². The van der Waals surface area contributed by atoms with Crippen LogP contribution in [0.1, 0.15) is 50.3 Å². The standard InChI is InChI=1S/C14H25N3O/c1-15-14(11-8-6-4-5-7-9-11)12-10-13(18-3)17(2)16-12/h10-11,14-15H,4-9H2,1-3H3. The molecule has 1 N–H and O–H groups in total. The Balaban J connectivity index is 2.15. The zero-order valence-electron chi connectivity index (χ0n) is 11.8. The van der Waals surface area contributed by atoms with Gasteiger partial charge in [-0.25, -0.2) is 4.68 Å². The highest BCUT2D eigenvalue weighted by atomic mass is 16.5. The number of rotatable bonds is 4. The van der Waals surface area contributed by atoms with Crippen LogP contribution in [0.15, 0.2) is 6.07 Å². The number of ether oxygens (including phenoxy) is 1. The Morgan fingerprint density at radius 1 is 1.33 bits per heavy atom. The van der Waals surface area contributed by atoms with Crippen LogP contribution in [0.4, 0.5) is 0 Å². The van der Waals surface area contributed by atoms with Crippen LogP contribution in [0.25, 0.3) is 0 Å². The van der Waals surface area contributed by atoms with Gasteiger partial charge >= 0.3 is 0 Å². The van der Waals surface area contributed by atoms with E-state index in [0.717, 1.165) is 11.6 Å². The summed E-state index contributed by atoms with van der Waals surface area (Å²) in [7, 11) is 5.67.